The Morgan fingerprint density at radius 2 is 2.06 bits per heavy atom. The van der Waals surface area contributed by atoms with E-state index in [0.29, 0.717) is 10.7 Å². The molecule has 4 aromatic rings. The molecule has 3 N–H and O–H groups in total. The lowest BCUT2D eigenvalue weighted by Crippen LogP contribution is -2.34. The maximum absolute atomic E-state index is 14.7. The minimum Gasteiger partial charge on any atom is -0.481 e. The molecule has 0 radical (unpaired) electrons. The monoisotopic (exact) mass is 475 g/mol. The SMILES string of the molecule is CC(C)NC(=O)COc1cc(F)c(-c2nc(Nc3ccc4[nH]ncc4c3Cl)n(C)n2)cc1F. The lowest BCUT2D eigenvalue weighted by molar-refractivity contribution is -0.123. The van der Waals surface area contributed by atoms with Crippen molar-refractivity contribution in [2.45, 2.75) is 19.9 Å². The topological polar surface area (TPSA) is 110 Å². The quantitative estimate of drug-likeness (QED) is 0.373. The van der Waals surface area contributed by atoms with E-state index in [-0.39, 0.29) is 29.1 Å². The summed E-state index contributed by atoms with van der Waals surface area (Å²) in [6, 6.07) is 5.22. The third kappa shape index (κ3) is 4.72. The second-order valence-electron chi connectivity index (χ2n) is 7.54. The summed E-state index contributed by atoms with van der Waals surface area (Å²) in [5.74, 6) is -2.25. The molecule has 0 aliphatic carbocycles. The van der Waals surface area contributed by atoms with Crippen LogP contribution in [0.5, 0.6) is 5.75 Å². The Labute approximate surface area is 192 Å². The van der Waals surface area contributed by atoms with Crippen LogP contribution in [-0.2, 0) is 11.8 Å². The molecule has 1 amide bonds. The fraction of sp³-hybridized carbons (Fsp3) is 0.238. The van der Waals surface area contributed by atoms with Gasteiger partial charge in [-0.15, -0.1) is 5.10 Å². The number of benzene rings is 2. The second-order valence-corrected chi connectivity index (χ2v) is 7.92. The second kappa shape index (κ2) is 9.02. The molecule has 0 saturated carbocycles. The Hall–Kier alpha value is -3.73. The Balaban J connectivity index is 1.56. The molecular formula is C21H20ClF2N7O2. The van der Waals surface area contributed by atoms with Gasteiger partial charge in [0.2, 0.25) is 5.95 Å². The zero-order valence-electron chi connectivity index (χ0n) is 17.9. The number of fused-ring (bicyclic) bond motifs is 1. The van der Waals surface area contributed by atoms with Gasteiger partial charge in [0, 0.05) is 24.5 Å². The number of carbonyl (C=O) groups excluding carboxylic acids is 1. The number of H-pyrrole nitrogens is 1. The zero-order chi connectivity index (χ0) is 23.7. The first-order chi connectivity index (χ1) is 15.7. The maximum Gasteiger partial charge on any atom is 0.258 e. The summed E-state index contributed by atoms with van der Waals surface area (Å²) >= 11 is 6.42. The van der Waals surface area contributed by atoms with Gasteiger partial charge in [-0.3, -0.25) is 9.89 Å². The van der Waals surface area contributed by atoms with Crippen LogP contribution in [0.2, 0.25) is 5.02 Å². The molecule has 0 bridgehead atoms. The number of hydrogen-bond acceptors (Lipinski definition) is 6. The lowest BCUT2D eigenvalue weighted by Gasteiger charge is -2.11. The third-order valence-electron chi connectivity index (χ3n) is 4.64. The molecular weight excluding hydrogens is 456 g/mol. The van der Waals surface area contributed by atoms with E-state index in [1.807, 2.05) is 0 Å². The largest absolute Gasteiger partial charge is 0.481 e. The summed E-state index contributed by atoms with van der Waals surface area (Å²) in [7, 11) is 1.60. The van der Waals surface area contributed by atoms with Crippen LogP contribution in [0.4, 0.5) is 20.4 Å². The average molecular weight is 476 g/mol. The molecule has 172 valence electrons. The van der Waals surface area contributed by atoms with Crippen LogP contribution < -0.4 is 15.4 Å². The zero-order valence-corrected chi connectivity index (χ0v) is 18.7. The van der Waals surface area contributed by atoms with Gasteiger partial charge in [0.15, 0.2) is 24.0 Å². The summed E-state index contributed by atoms with van der Waals surface area (Å²) in [4.78, 5) is 16.0. The lowest BCUT2D eigenvalue weighted by atomic mass is 10.2. The van der Waals surface area contributed by atoms with Crippen molar-refractivity contribution in [3.05, 3.63) is 47.1 Å². The van der Waals surface area contributed by atoms with Gasteiger partial charge >= 0.3 is 0 Å². The Kier molecular flexibility index (Phi) is 6.14. The first-order valence-electron chi connectivity index (χ1n) is 9.94. The van der Waals surface area contributed by atoms with E-state index in [1.165, 1.54) is 4.68 Å². The number of amides is 1. The molecule has 0 spiro atoms. The van der Waals surface area contributed by atoms with Crippen molar-refractivity contribution in [2.75, 3.05) is 11.9 Å². The Bertz CT molecular complexity index is 1340. The van der Waals surface area contributed by atoms with Crippen LogP contribution in [0.25, 0.3) is 22.3 Å². The van der Waals surface area contributed by atoms with Crippen molar-refractivity contribution in [3.8, 4) is 17.1 Å². The number of aromatic nitrogens is 5. The standard InChI is InChI=1S/C21H20ClF2N7O2/c1-10(2)26-18(32)9-33-17-7-13(23)11(6-14(17)24)20-28-21(31(3)30-20)27-16-5-4-15-12(19(16)22)8-25-29-15/h4-8,10H,9H2,1-3H3,(H,25,29)(H,26,32)(H,27,28,30). The van der Waals surface area contributed by atoms with Crippen molar-refractivity contribution in [1.82, 2.24) is 30.3 Å². The van der Waals surface area contributed by atoms with Crippen LogP contribution >= 0.6 is 11.6 Å². The van der Waals surface area contributed by atoms with Crippen LogP contribution in [0.15, 0.2) is 30.5 Å². The minimum atomic E-state index is -0.848. The highest BCUT2D eigenvalue weighted by molar-refractivity contribution is 6.38. The number of aromatic amines is 1. The molecule has 0 atom stereocenters. The number of ether oxygens (including phenoxy) is 1. The molecule has 33 heavy (non-hydrogen) atoms. The van der Waals surface area contributed by atoms with Crippen LogP contribution in [-0.4, -0.2) is 43.5 Å². The van der Waals surface area contributed by atoms with Crippen molar-refractivity contribution in [3.63, 3.8) is 0 Å². The summed E-state index contributed by atoms with van der Waals surface area (Å²) in [5, 5.41) is 17.7. The van der Waals surface area contributed by atoms with E-state index in [2.05, 4.69) is 30.9 Å². The van der Waals surface area contributed by atoms with E-state index in [0.717, 1.165) is 23.0 Å². The van der Waals surface area contributed by atoms with Gasteiger partial charge in [0.1, 0.15) is 5.82 Å². The summed E-state index contributed by atoms with van der Waals surface area (Å²) < 4.78 is 35.8. The van der Waals surface area contributed by atoms with E-state index >= 15 is 0 Å². The fourth-order valence-electron chi connectivity index (χ4n) is 3.12. The third-order valence-corrected chi connectivity index (χ3v) is 5.05. The molecule has 0 aliphatic heterocycles. The number of anilines is 2. The highest BCUT2D eigenvalue weighted by Gasteiger charge is 2.19. The molecule has 2 aromatic heterocycles. The highest BCUT2D eigenvalue weighted by Crippen LogP contribution is 2.33. The normalized spacial score (nSPS) is 11.2. The molecule has 0 unspecified atom stereocenters. The minimum absolute atomic E-state index is 0.0407. The van der Waals surface area contributed by atoms with Gasteiger partial charge in [0.05, 0.1) is 28.0 Å². The first-order valence-corrected chi connectivity index (χ1v) is 10.3. The number of rotatable bonds is 7. The summed E-state index contributed by atoms with van der Waals surface area (Å²) in [6.45, 7) is 3.12. The molecule has 4 rings (SSSR count). The summed E-state index contributed by atoms with van der Waals surface area (Å²) in [5.41, 5.74) is 1.15. The van der Waals surface area contributed by atoms with Gasteiger partial charge in [0.25, 0.3) is 5.91 Å². The van der Waals surface area contributed by atoms with Crippen LogP contribution in [0.3, 0.4) is 0 Å². The predicted octanol–water partition coefficient (Wildman–Crippen LogP) is 3.94. The smallest absolute Gasteiger partial charge is 0.258 e. The van der Waals surface area contributed by atoms with Crippen LogP contribution in [0, 0.1) is 11.6 Å². The maximum atomic E-state index is 14.7. The van der Waals surface area contributed by atoms with Gasteiger partial charge in [-0.1, -0.05) is 11.6 Å². The average Bonchev–Trinajstić information content (AvgIpc) is 3.37. The Morgan fingerprint density at radius 1 is 1.27 bits per heavy atom. The van der Waals surface area contributed by atoms with Crippen molar-refractivity contribution in [1.29, 1.82) is 0 Å². The number of hydrogen-bond donors (Lipinski definition) is 3. The van der Waals surface area contributed by atoms with E-state index in [4.69, 9.17) is 16.3 Å². The summed E-state index contributed by atoms with van der Waals surface area (Å²) in [6.07, 6.45) is 1.60. The number of aryl methyl sites for hydroxylation is 1. The highest BCUT2D eigenvalue weighted by atomic mass is 35.5. The first kappa shape index (κ1) is 22.5. The van der Waals surface area contributed by atoms with Gasteiger partial charge in [-0.25, -0.2) is 13.5 Å². The molecule has 12 heteroatoms. The molecule has 0 aliphatic rings. The molecule has 2 aromatic carbocycles. The van der Waals surface area contributed by atoms with E-state index in [1.54, 1.807) is 39.2 Å². The molecule has 0 saturated heterocycles. The number of nitrogens with one attached hydrogen (secondary N) is 3. The van der Waals surface area contributed by atoms with E-state index < -0.39 is 24.1 Å². The Morgan fingerprint density at radius 3 is 2.82 bits per heavy atom. The number of nitrogens with zero attached hydrogens (tertiary/aromatic N) is 4. The fourth-order valence-corrected chi connectivity index (χ4v) is 3.39. The molecule has 9 nitrogen and oxygen atoms in total. The molecule has 2 heterocycles. The van der Waals surface area contributed by atoms with Gasteiger partial charge < -0.3 is 15.4 Å². The van der Waals surface area contributed by atoms with E-state index in [9.17, 15) is 13.6 Å². The van der Waals surface area contributed by atoms with Crippen molar-refractivity contribution >= 4 is 40.0 Å². The van der Waals surface area contributed by atoms with Gasteiger partial charge in [-0.05, 0) is 32.0 Å². The number of halogens is 3. The number of carbonyl (C=O) groups is 1. The van der Waals surface area contributed by atoms with Crippen molar-refractivity contribution < 1.29 is 18.3 Å². The predicted molar refractivity (Wildman–Crippen MR) is 120 cm³/mol. The molecule has 0 fully saturated rings. The van der Waals surface area contributed by atoms with Crippen molar-refractivity contribution in [2.24, 2.45) is 7.05 Å². The van der Waals surface area contributed by atoms with Gasteiger partial charge in [-0.2, -0.15) is 10.1 Å². The van der Waals surface area contributed by atoms with Crippen LogP contribution in [0.1, 0.15) is 13.8 Å².